The number of benzene rings is 1. The summed E-state index contributed by atoms with van der Waals surface area (Å²) in [5.74, 6) is 0.420. The summed E-state index contributed by atoms with van der Waals surface area (Å²) in [6, 6.07) is 6.14. The molecule has 3 nitrogen and oxygen atoms in total. The van der Waals surface area contributed by atoms with Crippen molar-refractivity contribution in [2.24, 2.45) is 7.05 Å². The van der Waals surface area contributed by atoms with E-state index in [-0.39, 0.29) is 0 Å². The maximum atomic E-state index is 5.85. The van der Waals surface area contributed by atoms with Crippen molar-refractivity contribution in [1.82, 2.24) is 9.78 Å². The lowest BCUT2D eigenvalue weighted by Crippen LogP contribution is -1.94. The van der Waals surface area contributed by atoms with Crippen LogP contribution in [0.1, 0.15) is 31.0 Å². The van der Waals surface area contributed by atoms with Crippen LogP contribution in [0.15, 0.2) is 24.4 Å². The first-order valence-electron chi connectivity index (χ1n) is 5.89. The van der Waals surface area contributed by atoms with Crippen LogP contribution in [0, 0.1) is 6.92 Å². The third-order valence-electron chi connectivity index (χ3n) is 2.99. The number of nitrogen functional groups attached to an aromatic ring is 1. The maximum absolute atomic E-state index is 5.85. The number of nitrogens with two attached hydrogens (primary N) is 1. The number of hydrogen-bond acceptors (Lipinski definition) is 2. The van der Waals surface area contributed by atoms with Crippen molar-refractivity contribution >= 4 is 5.69 Å². The van der Waals surface area contributed by atoms with Gasteiger partial charge >= 0.3 is 0 Å². The molecule has 0 saturated carbocycles. The van der Waals surface area contributed by atoms with Crippen molar-refractivity contribution in [2.75, 3.05) is 5.73 Å². The SMILES string of the molecule is Cc1cc(-c2cn(C)nc2C(C)C)ccc1N. The molecule has 0 aliphatic rings. The monoisotopic (exact) mass is 229 g/mol. The van der Waals surface area contributed by atoms with Crippen LogP contribution < -0.4 is 5.73 Å². The second-order valence-corrected chi connectivity index (χ2v) is 4.83. The Kier molecular flexibility index (Phi) is 2.92. The Balaban J connectivity index is 2.55. The van der Waals surface area contributed by atoms with Gasteiger partial charge in [0, 0.05) is 24.5 Å². The van der Waals surface area contributed by atoms with Gasteiger partial charge in [0.15, 0.2) is 0 Å². The van der Waals surface area contributed by atoms with Crippen molar-refractivity contribution in [2.45, 2.75) is 26.7 Å². The van der Waals surface area contributed by atoms with E-state index in [0.29, 0.717) is 5.92 Å². The van der Waals surface area contributed by atoms with E-state index in [9.17, 15) is 0 Å². The van der Waals surface area contributed by atoms with Gasteiger partial charge in [-0.05, 0) is 36.1 Å². The van der Waals surface area contributed by atoms with Gasteiger partial charge in [0.2, 0.25) is 0 Å². The fourth-order valence-electron chi connectivity index (χ4n) is 2.00. The van der Waals surface area contributed by atoms with E-state index in [0.717, 1.165) is 16.9 Å². The second kappa shape index (κ2) is 4.24. The molecule has 2 N–H and O–H groups in total. The smallest absolute Gasteiger partial charge is 0.0728 e. The van der Waals surface area contributed by atoms with Gasteiger partial charge in [-0.1, -0.05) is 19.9 Å². The third kappa shape index (κ3) is 2.18. The largest absolute Gasteiger partial charge is 0.399 e. The van der Waals surface area contributed by atoms with Crippen molar-refractivity contribution < 1.29 is 0 Å². The van der Waals surface area contributed by atoms with Crippen LogP contribution in [-0.4, -0.2) is 9.78 Å². The predicted molar refractivity (Wildman–Crippen MR) is 71.9 cm³/mol. The van der Waals surface area contributed by atoms with Gasteiger partial charge in [-0.15, -0.1) is 0 Å². The van der Waals surface area contributed by atoms with Crippen molar-refractivity contribution in [3.8, 4) is 11.1 Å². The predicted octanol–water partition coefficient (Wildman–Crippen LogP) is 3.10. The molecule has 90 valence electrons. The van der Waals surface area contributed by atoms with Crippen LogP contribution in [0.2, 0.25) is 0 Å². The van der Waals surface area contributed by atoms with E-state index in [1.807, 2.05) is 24.7 Å². The zero-order valence-electron chi connectivity index (χ0n) is 10.9. The summed E-state index contributed by atoms with van der Waals surface area (Å²) in [5.41, 5.74) is 11.3. The minimum absolute atomic E-state index is 0.420. The molecule has 2 aromatic rings. The second-order valence-electron chi connectivity index (χ2n) is 4.83. The minimum Gasteiger partial charge on any atom is -0.399 e. The summed E-state index contributed by atoms with van der Waals surface area (Å²) in [5, 5.41) is 4.52. The van der Waals surface area contributed by atoms with Crippen LogP contribution in [0.4, 0.5) is 5.69 Å². The summed E-state index contributed by atoms with van der Waals surface area (Å²) >= 11 is 0. The van der Waals surface area contributed by atoms with Crippen LogP contribution in [0.25, 0.3) is 11.1 Å². The summed E-state index contributed by atoms with van der Waals surface area (Å²) in [4.78, 5) is 0. The molecular weight excluding hydrogens is 210 g/mol. The first-order valence-corrected chi connectivity index (χ1v) is 5.89. The minimum atomic E-state index is 0.420. The van der Waals surface area contributed by atoms with Gasteiger partial charge in [-0.2, -0.15) is 5.10 Å². The molecule has 0 spiro atoms. The van der Waals surface area contributed by atoms with Gasteiger partial charge in [0.1, 0.15) is 0 Å². The number of nitrogens with zero attached hydrogens (tertiary/aromatic N) is 2. The molecule has 2 rings (SSSR count). The molecule has 0 radical (unpaired) electrons. The molecule has 0 atom stereocenters. The molecule has 3 heteroatoms. The Bertz CT molecular complexity index is 538. The van der Waals surface area contributed by atoms with E-state index in [2.05, 4.69) is 37.3 Å². The normalized spacial score (nSPS) is 11.1. The van der Waals surface area contributed by atoms with Gasteiger partial charge in [0.25, 0.3) is 0 Å². The van der Waals surface area contributed by atoms with E-state index in [1.165, 1.54) is 11.1 Å². The van der Waals surface area contributed by atoms with Crippen molar-refractivity contribution in [3.63, 3.8) is 0 Å². The number of anilines is 1. The quantitative estimate of drug-likeness (QED) is 0.804. The number of aromatic nitrogens is 2. The number of hydrogen-bond donors (Lipinski definition) is 1. The molecule has 0 amide bonds. The molecule has 1 aromatic heterocycles. The van der Waals surface area contributed by atoms with Gasteiger partial charge < -0.3 is 5.73 Å². The molecule has 1 heterocycles. The van der Waals surface area contributed by atoms with Crippen LogP contribution >= 0.6 is 0 Å². The average Bonchev–Trinajstić information content (AvgIpc) is 2.64. The molecule has 0 unspecified atom stereocenters. The number of rotatable bonds is 2. The van der Waals surface area contributed by atoms with Gasteiger partial charge in [-0.3, -0.25) is 4.68 Å². The highest BCUT2D eigenvalue weighted by molar-refractivity contribution is 5.69. The highest BCUT2D eigenvalue weighted by atomic mass is 15.3. The highest BCUT2D eigenvalue weighted by Gasteiger charge is 2.13. The molecule has 0 saturated heterocycles. The van der Waals surface area contributed by atoms with Crippen molar-refractivity contribution in [1.29, 1.82) is 0 Å². The molecule has 0 bridgehead atoms. The van der Waals surface area contributed by atoms with Crippen molar-refractivity contribution in [3.05, 3.63) is 35.7 Å². The van der Waals surface area contributed by atoms with Crippen LogP contribution in [-0.2, 0) is 7.05 Å². The molecule has 17 heavy (non-hydrogen) atoms. The van der Waals surface area contributed by atoms with Gasteiger partial charge in [0.05, 0.1) is 5.69 Å². The first kappa shape index (κ1) is 11.7. The standard InChI is InChI=1S/C14H19N3/c1-9(2)14-12(8-17(4)16-14)11-5-6-13(15)10(3)7-11/h5-9H,15H2,1-4H3. The zero-order chi connectivity index (χ0) is 12.6. The first-order chi connectivity index (χ1) is 7.99. The molecule has 1 aromatic carbocycles. The summed E-state index contributed by atoms with van der Waals surface area (Å²) < 4.78 is 1.87. The van der Waals surface area contributed by atoms with Gasteiger partial charge in [-0.25, -0.2) is 0 Å². The molecule has 0 aliphatic carbocycles. The van der Waals surface area contributed by atoms with E-state index in [1.54, 1.807) is 0 Å². The third-order valence-corrected chi connectivity index (χ3v) is 2.99. The molecular formula is C14H19N3. The Labute approximate surface area is 102 Å². The topological polar surface area (TPSA) is 43.8 Å². The summed E-state index contributed by atoms with van der Waals surface area (Å²) in [6.45, 7) is 6.36. The Morgan fingerprint density at radius 1 is 1.29 bits per heavy atom. The Hall–Kier alpha value is -1.77. The van der Waals surface area contributed by atoms with E-state index >= 15 is 0 Å². The van der Waals surface area contributed by atoms with Crippen LogP contribution in [0.3, 0.4) is 0 Å². The van der Waals surface area contributed by atoms with E-state index < -0.39 is 0 Å². The zero-order valence-corrected chi connectivity index (χ0v) is 10.9. The summed E-state index contributed by atoms with van der Waals surface area (Å²) in [7, 11) is 1.96. The molecule has 0 fully saturated rings. The average molecular weight is 229 g/mol. The molecule has 0 aliphatic heterocycles. The summed E-state index contributed by atoms with van der Waals surface area (Å²) in [6.07, 6.45) is 2.07. The fraction of sp³-hybridized carbons (Fsp3) is 0.357. The fourth-order valence-corrected chi connectivity index (χ4v) is 2.00. The lowest BCUT2D eigenvalue weighted by atomic mass is 9.98. The highest BCUT2D eigenvalue weighted by Crippen LogP contribution is 2.29. The number of aryl methyl sites for hydroxylation is 2. The van der Waals surface area contributed by atoms with E-state index in [4.69, 9.17) is 5.73 Å². The lowest BCUT2D eigenvalue weighted by molar-refractivity contribution is 0.713. The Morgan fingerprint density at radius 3 is 2.59 bits per heavy atom. The maximum Gasteiger partial charge on any atom is 0.0728 e. The lowest BCUT2D eigenvalue weighted by Gasteiger charge is -2.07. The Morgan fingerprint density at radius 2 is 2.00 bits per heavy atom. The van der Waals surface area contributed by atoms with Crippen LogP contribution in [0.5, 0.6) is 0 Å².